The molecule has 0 saturated carbocycles. The number of likely N-dealkylation sites (tertiary alicyclic amines) is 1. The standard InChI is InChI=1S/C23H21N3O2/c27-22-19-5-1-2-6-21(19)28-16-20(22)23-24-11-14-26(23)18-9-7-17(8-10-18)15-25-12-3-4-13-25/h1-2,5-11,14,16H,3-4,12-13,15H2. The van der Waals surface area contributed by atoms with Crippen molar-refractivity contribution in [3.05, 3.63) is 83.0 Å². The summed E-state index contributed by atoms with van der Waals surface area (Å²) in [5.74, 6) is 0.590. The predicted octanol–water partition coefficient (Wildman–Crippen LogP) is 4.24. The van der Waals surface area contributed by atoms with Crippen LogP contribution in [0.25, 0.3) is 28.0 Å². The molecule has 3 heterocycles. The van der Waals surface area contributed by atoms with Crippen LogP contribution < -0.4 is 5.43 Å². The van der Waals surface area contributed by atoms with E-state index in [4.69, 9.17) is 4.42 Å². The molecule has 2 aromatic carbocycles. The van der Waals surface area contributed by atoms with Crippen molar-refractivity contribution in [2.45, 2.75) is 19.4 Å². The molecule has 5 heteroatoms. The molecule has 1 fully saturated rings. The molecule has 0 unspecified atom stereocenters. The smallest absolute Gasteiger partial charge is 0.203 e. The Hall–Kier alpha value is -3.18. The Labute approximate surface area is 162 Å². The third-order valence-corrected chi connectivity index (χ3v) is 5.38. The summed E-state index contributed by atoms with van der Waals surface area (Å²) in [5.41, 5.74) is 3.26. The topological polar surface area (TPSA) is 51.3 Å². The Morgan fingerprint density at radius 1 is 1.00 bits per heavy atom. The molecular formula is C23H21N3O2. The van der Waals surface area contributed by atoms with E-state index in [0.29, 0.717) is 22.4 Å². The second-order valence-electron chi connectivity index (χ2n) is 7.25. The van der Waals surface area contributed by atoms with Gasteiger partial charge in [0.2, 0.25) is 5.43 Å². The molecule has 0 amide bonds. The van der Waals surface area contributed by atoms with Gasteiger partial charge >= 0.3 is 0 Å². The van der Waals surface area contributed by atoms with Crippen molar-refractivity contribution in [1.29, 1.82) is 0 Å². The summed E-state index contributed by atoms with van der Waals surface area (Å²) in [7, 11) is 0. The lowest BCUT2D eigenvalue weighted by molar-refractivity contribution is 0.331. The Bertz CT molecular complexity index is 1170. The highest BCUT2D eigenvalue weighted by Gasteiger charge is 2.15. The van der Waals surface area contributed by atoms with Gasteiger partial charge < -0.3 is 4.42 Å². The summed E-state index contributed by atoms with van der Waals surface area (Å²) in [6, 6.07) is 15.8. The lowest BCUT2D eigenvalue weighted by Gasteiger charge is -2.15. The van der Waals surface area contributed by atoms with Crippen LogP contribution in [0.1, 0.15) is 18.4 Å². The predicted molar refractivity (Wildman–Crippen MR) is 110 cm³/mol. The van der Waals surface area contributed by atoms with Crippen LogP contribution in [0.15, 0.2) is 76.4 Å². The minimum Gasteiger partial charge on any atom is -0.463 e. The van der Waals surface area contributed by atoms with E-state index in [9.17, 15) is 4.79 Å². The average molecular weight is 371 g/mol. The number of hydrogen-bond acceptors (Lipinski definition) is 4. The van der Waals surface area contributed by atoms with Crippen molar-refractivity contribution in [2.24, 2.45) is 0 Å². The Morgan fingerprint density at radius 3 is 2.61 bits per heavy atom. The van der Waals surface area contributed by atoms with Crippen LogP contribution in [-0.4, -0.2) is 27.5 Å². The maximum absolute atomic E-state index is 12.9. The molecular weight excluding hydrogens is 350 g/mol. The molecule has 4 aromatic rings. The monoisotopic (exact) mass is 371 g/mol. The number of para-hydroxylation sites is 1. The van der Waals surface area contributed by atoms with Gasteiger partial charge in [0.25, 0.3) is 0 Å². The second kappa shape index (κ2) is 7.09. The number of nitrogens with zero attached hydrogens (tertiary/aromatic N) is 3. The van der Waals surface area contributed by atoms with Gasteiger partial charge in [-0.3, -0.25) is 14.3 Å². The zero-order valence-corrected chi connectivity index (χ0v) is 15.5. The van der Waals surface area contributed by atoms with Crippen molar-refractivity contribution in [1.82, 2.24) is 14.5 Å². The molecule has 0 aliphatic carbocycles. The first-order chi connectivity index (χ1) is 13.8. The van der Waals surface area contributed by atoms with Gasteiger partial charge in [0.1, 0.15) is 17.4 Å². The van der Waals surface area contributed by atoms with Crippen LogP contribution in [0.3, 0.4) is 0 Å². The van der Waals surface area contributed by atoms with Crippen LogP contribution in [0, 0.1) is 0 Å². The largest absolute Gasteiger partial charge is 0.463 e. The van der Waals surface area contributed by atoms with Crippen molar-refractivity contribution in [3.63, 3.8) is 0 Å². The van der Waals surface area contributed by atoms with Crippen LogP contribution in [0.5, 0.6) is 0 Å². The summed E-state index contributed by atoms with van der Waals surface area (Å²) in [5, 5.41) is 0.565. The molecule has 0 N–H and O–H groups in total. The first-order valence-corrected chi connectivity index (χ1v) is 9.65. The number of fused-ring (bicyclic) bond motifs is 1. The molecule has 140 valence electrons. The van der Waals surface area contributed by atoms with E-state index < -0.39 is 0 Å². The molecule has 0 bridgehead atoms. The van der Waals surface area contributed by atoms with Gasteiger partial charge in [-0.05, 0) is 55.8 Å². The highest BCUT2D eigenvalue weighted by molar-refractivity contribution is 5.80. The van der Waals surface area contributed by atoms with Crippen molar-refractivity contribution in [3.8, 4) is 17.1 Å². The van der Waals surface area contributed by atoms with Gasteiger partial charge in [-0.25, -0.2) is 4.98 Å². The zero-order valence-electron chi connectivity index (χ0n) is 15.5. The maximum atomic E-state index is 12.9. The van der Waals surface area contributed by atoms with Crippen molar-refractivity contribution >= 4 is 11.0 Å². The van der Waals surface area contributed by atoms with Crippen LogP contribution in [0.4, 0.5) is 0 Å². The van der Waals surface area contributed by atoms with E-state index >= 15 is 0 Å². The number of rotatable bonds is 4. The molecule has 5 rings (SSSR count). The van der Waals surface area contributed by atoms with E-state index in [1.807, 2.05) is 22.9 Å². The molecule has 1 aliphatic heterocycles. The molecule has 1 saturated heterocycles. The zero-order chi connectivity index (χ0) is 18.9. The molecule has 1 aliphatic rings. The Kier molecular flexibility index (Phi) is 4.29. The van der Waals surface area contributed by atoms with Crippen LogP contribution in [-0.2, 0) is 6.54 Å². The summed E-state index contributed by atoms with van der Waals surface area (Å²) in [6.07, 6.45) is 7.68. The number of aromatic nitrogens is 2. The summed E-state index contributed by atoms with van der Waals surface area (Å²) in [4.78, 5) is 19.9. The Balaban J connectivity index is 1.49. The van der Waals surface area contributed by atoms with Crippen LogP contribution >= 0.6 is 0 Å². The van der Waals surface area contributed by atoms with E-state index in [0.717, 1.165) is 12.2 Å². The highest BCUT2D eigenvalue weighted by Crippen LogP contribution is 2.22. The Morgan fingerprint density at radius 2 is 1.79 bits per heavy atom. The lowest BCUT2D eigenvalue weighted by atomic mass is 10.1. The minimum absolute atomic E-state index is 0.0695. The van der Waals surface area contributed by atoms with Gasteiger partial charge in [0, 0.05) is 24.6 Å². The molecule has 0 radical (unpaired) electrons. The first-order valence-electron chi connectivity index (χ1n) is 9.65. The SMILES string of the molecule is O=c1c(-c2nccn2-c2ccc(CN3CCCC3)cc2)coc2ccccc12. The normalized spacial score (nSPS) is 14.7. The number of imidazole rings is 1. The lowest BCUT2D eigenvalue weighted by Crippen LogP contribution is -2.18. The quantitative estimate of drug-likeness (QED) is 0.538. The average Bonchev–Trinajstić information content (AvgIpc) is 3.41. The first kappa shape index (κ1) is 17.0. The van der Waals surface area contributed by atoms with Crippen molar-refractivity contribution in [2.75, 3.05) is 13.1 Å². The third kappa shape index (κ3) is 3.04. The molecule has 5 nitrogen and oxygen atoms in total. The van der Waals surface area contributed by atoms with E-state index in [1.165, 1.54) is 37.8 Å². The number of benzene rings is 2. The minimum atomic E-state index is -0.0695. The number of hydrogen-bond donors (Lipinski definition) is 0. The van der Waals surface area contributed by atoms with Gasteiger partial charge in [-0.15, -0.1) is 0 Å². The summed E-state index contributed by atoms with van der Waals surface area (Å²) < 4.78 is 7.60. The third-order valence-electron chi connectivity index (χ3n) is 5.38. The van der Waals surface area contributed by atoms with Gasteiger partial charge in [0.05, 0.1) is 5.39 Å². The fourth-order valence-corrected chi connectivity index (χ4v) is 3.90. The summed E-state index contributed by atoms with van der Waals surface area (Å²) >= 11 is 0. The molecule has 2 aromatic heterocycles. The fourth-order valence-electron chi connectivity index (χ4n) is 3.90. The van der Waals surface area contributed by atoms with Gasteiger partial charge in [-0.1, -0.05) is 24.3 Å². The van der Waals surface area contributed by atoms with E-state index in [2.05, 4.69) is 34.1 Å². The van der Waals surface area contributed by atoms with Crippen LogP contribution in [0.2, 0.25) is 0 Å². The van der Waals surface area contributed by atoms with Crippen molar-refractivity contribution < 1.29 is 4.42 Å². The van der Waals surface area contributed by atoms with Gasteiger partial charge in [-0.2, -0.15) is 0 Å². The fraction of sp³-hybridized carbons (Fsp3) is 0.217. The molecule has 28 heavy (non-hydrogen) atoms. The van der Waals surface area contributed by atoms with Gasteiger partial charge in [0.15, 0.2) is 5.82 Å². The van der Waals surface area contributed by atoms with E-state index in [-0.39, 0.29) is 5.43 Å². The summed E-state index contributed by atoms with van der Waals surface area (Å²) in [6.45, 7) is 3.36. The highest BCUT2D eigenvalue weighted by atomic mass is 16.3. The van der Waals surface area contributed by atoms with E-state index in [1.54, 1.807) is 18.3 Å². The molecule has 0 atom stereocenters. The second-order valence-corrected chi connectivity index (χ2v) is 7.25. The molecule has 0 spiro atoms. The maximum Gasteiger partial charge on any atom is 0.203 e.